The van der Waals surface area contributed by atoms with E-state index in [1.165, 1.54) is 0 Å². The Hall–Kier alpha value is -7.00. The Labute approximate surface area is 372 Å². The smallest absolute Gasteiger partial charge is 0.306 e. The number of rotatable bonds is 17. The fourth-order valence-corrected chi connectivity index (χ4v) is 8.37. The molecule has 0 saturated carbocycles. The summed E-state index contributed by atoms with van der Waals surface area (Å²) in [5, 5.41) is 0. The predicted molar refractivity (Wildman–Crippen MR) is 257 cm³/mol. The average Bonchev–Trinajstić information content (AvgIpc) is 3.84. The van der Waals surface area contributed by atoms with E-state index in [-0.39, 0.29) is 12.4 Å². The van der Waals surface area contributed by atoms with E-state index in [0.29, 0.717) is 13.0 Å². The summed E-state index contributed by atoms with van der Waals surface area (Å²) >= 11 is 0. The first-order valence-electron chi connectivity index (χ1n) is 21.5. The second-order valence-corrected chi connectivity index (χ2v) is 15.9. The van der Waals surface area contributed by atoms with Gasteiger partial charge in [0.25, 0.3) is 0 Å². The van der Waals surface area contributed by atoms with Gasteiger partial charge in [0.2, 0.25) is 0 Å². The van der Waals surface area contributed by atoms with Crippen molar-refractivity contribution >= 4 is 28.6 Å². The molecule has 63 heavy (non-hydrogen) atoms. The fraction of sp³-hybridized carbons (Fsp3) is 0.259. The lowest BCUT2D eigenvalue weighted by molar-refractivity contribution is -0.147. The predicted octanol–water partition coefficient (Wildman–Crippen LogP) is 11.2. The van der Waals surface area contributed by atoms with Gasteiger partial charge >= 0.3 is 5.97 Å². The highest BCUT2D eigenvalue weighted by molar-refractivity contribution is 6.13. The molecule has 0 atom stereocenters. The summed E-state index contributed by atoms with van der Waals surface area (Å²) in [4.78, 5) is 23.3. The number of ether oxygens (including phenoxy) is 4. The summed E-state index contributed by atoms with van der Waals surface area (Å²) in [6.45, 7) is 7.79. The number of hydrogen-bond acceptors (Lipinski definition) is 8. The molecule has 0 amide bonds. The third-order valence-electron chi connectivity index (χ3n) is 11.7. The minimum absolute atomic E-state index is 0.234. The number of nitrogens with zero attached hydrogens (tertiary/aromatic N) is 4. The third kappa shape index (κ3) is 9.58. The monoisotopic (exact) mass is 842 g/mol. The van der Waals surface area contributed by atoms with E-state index in [1.54, 1.807) is 21.3 Å². The van der Waals surface area contributed by atoms with Crippen molar-refractivity contribution in [1.82, 2.24) is 4.57 Å². The zero-order valence-corrected chi connectivity index (χ0v) is 37.9. The molecule has 324 valence electrons. The Bertz CT molecular complexity index is 2590. The lowest BCUT2D eigenvalue weighted by Crippen LogP contribution is -2.27. The highest BCUT2D eigenvalue weighted by Gasteiger charge is 2.29. The van der Waals surface area contributed by atoms with E-state index < -0.39 is 6.10 Å². The Morgan fingerprint density at radius 1 is 0.730 bits per heavy atom. The van der Waals surface area contributed by atoms with E-state index in [2.05, 4.69) is 92.7 Å². The van der Waals surface area contributed by atoms with Crippen LogP contribution in [-0.4, -0.2) is 64.8 Å². The second-order valence-electron chi connectivity index (χ2n) is 15.9. The quantitative estimate of drug-likeness (QED) is 0.0846. The number of carbonyl (C=O) groups excluding carboxylic acids is 1. The maximum Gasteiger partial charge on any atom is 0.306 e. The van der Waals surface area contributed by atoms with Gasteiger partial charge in [-0.05, 0) is 122 Å². The molecule has 0 radical (unpaired) electrons. The first-order chi connectivity index (χ1) is 30.5. The number of esters is 1. The van der Waals surface area contributed by atoms with E-state index in [9.17, 15) is 4.79 Å². The molecule has 6 aromatic rings. The van der Waals surface area contributed by atoms with Crippen molar-refractivity contribution in [3.05, 3.63) is 178 Å². The average molecular weight is 843 g/mol. The molecule has 0 unspecified atom stereocenters. The van der Waals surface area contributed by atoms with Gasteiger partial charge in [-0.2, -0.15) is 0 Å². The number of methoxy groups -OCH3 is 3. The van der Waals surface area contributed by atoms with Crippen molar-refractivity contribution in [3.8, 4) is 28.5 Å². The van der Waals surface area contributed by atoms with Crippen LogP contribution in [0.1, 0.15) is 66.3 Å². The van der Waals surface area contributed by atoms with Gasteiger partial charge in [0, 0.05) is 69.1 Å². The topological polar surface area (TPSA) is 77.8 Å². The normalized spacial score (nSPS) is 13.0. The number of aromatic nitrogens is 1. The highest BCUT2D eigenvalue weighted by Crippen LogP contribution is 2.46. The number of carbonyl (C=O) groups is 1. The van der Waals surface area contributed by atoms with Crippen molar-refractivity contribution < 1.29 is 23.7 Å². The zero-order chi connectivity index (χ0) is 44.6. The SMILES string of the molecule is CCN(CCCC(=O)OC(c1ccccc1)c1ccccc1)c1cc(OC)c(/C(=C2/N=C(c3ccc(OC)cc3)C=C2C)c2c(C)cc(-c3ccc(OC)cc3)n2C)cc1N(C)C. The van der Waals surface area contributed by atoms with Gasteiger partial charge in [-0.15, -0.1) is 0 Å². The summed E-state index contributed by atoms with van der Waals surface area (Å²) in [5.41, 5.74) is 13.9. The molecular weight excluding hydrogens is 785 g/mol. The summed E-state index contributed by atoms with van der Waals surface area (Å²) in [6, 6.07) is 42.6. The van der Waals surface area contributed by atoms with Gasteiger partial charge in [0.1, 0.15) is 17.2 Å². The molecule has 1 aliphatic rings. The first kappa shape index (κ1) is 44.1. The van der Waals surface area contributed by atoms with Crippen LogP contribution in [-0.2, 0) is 16.6 Å². The molecule has 1 aromatic heterocycles. The van der Waals surface area contributed by atoms with Gasteiger partial charge in [-0.3, -0.25) is 4.79 Å². The Morgan fingerprint density at radius 3 is 1.86 bits per heavy atom. The van der Waals surface area contributed by atoms with Crippen molar-refractivity contribution in [2.24, 2.45) is 12.0 Å². The Balaban J connectivity index is 1.27. The molecular formula is C54H58N4O5. The maximum atomic E-state index is 13.5. The number of aliphatic imine (C=N–C) groups is 1. The van der Waals surface area contributed by atoms with Crippen LogP contribution in [0.2, 0.25) is 0 Å². The molecule has 2 heterocycles. The molecule has 9 heteroatoms. The number of allylic oxidation sites excluding steroid dienone is 2. The molecule has 1 aliphatic heterocycles. The van der Waals surface area contributed by atoms with E-state index in [1.807, 2.05) is 97.1 Å². The van der Waals surface area contributed by atoms with Crippen molar-refractivity contribution in [2.75, 3.05) is 58.3 Å². The van der Waals surface area contributed by atoms with E-state index in [4.69, 9.17) is 23.9 Å². The Morgan fingerprint density at radius 2 is 1.32 bits per heavy atom. The van der Waals surface area contributed by atoms with Crippen LogP contribution in [0, 0.1) is 6.92 Å². The van der Waals surface area contributed by atoms with E-state index >= 15 is 0 Å². The summed E-state index contributed by atoms with van der Waals surface area (Å²) < 4.78 is 25.7. The number of hydrogen-bond donors (Lipinski definition) is 0. The lowest BCUT2D eigenvalue weighted by Gasteiger charge is -2.30. The molecule has 0 aliphatic carbocycles. The molecule has 0 fully saturated rings. The zero-order valence-electron chi connectivity index (χ0n) is 37.9. The van der Waals surface area contributed by atoms with Gasteiger partial charge < -0.3 is 33.3 Å². The summed E-state index contributed by atoms with van der Waals surface area (Å²) in [6.07, 6.45) is 2.56. The minimum Gasteiger partial charge on any atom is -0.497 e. The molecule has 0 spiro atoms. The lowest BCUT2D eigenvalue weighted by atomic mass is 9.93. The van der Waals surface area contributed by atoms with E-state index in [0.717, 1.165) is 102 Å². The summed E-state index contributed by atoms with van der Waals surface area (Å²) in [5.74, 6) is 2.09. The number of benzene rings is 5. The van der Waals surface area contributed by atoms with Crippen LogP contribution in [0.4, 0.5) is 11.4 Å². The van der Waals surface area contributed by atoms with Crippen LogP contribution in [0.15, 0.2) is 150 Å². The molecule has 5 aromatic carbocycles. The van der Waals surface area contributed by atoms with Crippen LogP contribution >= 0.6 is 0 Å². The summed E-state index contributed by atoms with van der Waals surface area (Å²) in [7, 11) is 11.3. The van der Waals surface area contributed by atoms with Crippen molar-refractivity contribution in [2.45, 2.75) is 39.7 Å². The Kier molecular flexibility index (Phi) is 13.9. The molecule has 0 bridgehead atoms. The number of aryl methyl sites for hydroxylation is 1. The highest BCUT2D eigenvalue weighted by atomic mass is 16.5. The number of anilines is 2. The minimum atomic E-state index is -0.474. The van der Waals surface area contributed by atoms with Gasteiger partial charge in [0.15, 0.2) is 6.10 Å². The van der Waals surface area contributed by atoms with Crippen molar-refractivity contribution in [1.29, 1.82) is 0 Å². The second kappa shape index (κ2) is 19.8. The van der Waals surface area contributed by atoms with Gasteiger partial charge in [0.05, 0.1) is 49.8 Å². The maximum absolute atomic E-state index is 13.5. The molecule has 7 rings (SSSR count). The van der Waals surface area contributed by atoms with Crippen LogP contribution < -0.4 is 24.0 Å². The van der Waals surface area contributed by atoms with Gasteiger partial charge in [-0.25, -0.2) is 4.99 Å². The molecule has 9 nitrogen and oxygen atoms in total. The largest absolute Gasteiger partial charge is 0.497 e. The molecule has 0 saturated heterocycles. The van der Waals surface area contributed by atoms with Gasteiger partial charge in [-0.1, -0.05) is 60.7 Å². The first-order valence-corrected chi connectivity index (χ1v) is 21.5. The third-order valence-corrected chi connectivity index (χ3v) is 11.7. The molecule has 0 N–H and O–H groups in total. The van der Waals surface area contributed by atoms with Crippen LogP contribution in [0.5, 0.6) is 17.2 Å². The fourth-order valence-electron chi connectivity index (χ4n) is 8.37. The standard InChI is InChI=1S/C54H58N4O5/c1-10-58(31-17-22-50(59)63-54(40-18-13-11-14-19-40)41-20-15-12-16-21-41)48-35-49(62-9)44(34-47(48)56(4)5)51(52-36(2)32-45(55-52)38-23-27-42(60-7)28-24-38)53-37(3)33-46(57(53)6)39-25-29-43(61-8)30-26-39/h11-16,18-21,23-30,32-35,54H,10,17,22,31H2,1-9H3/b52-51-. The van der Waals surface area contributed by atoms with Crippen LogP contribution in [0.3, 0.4) is 0 Å². The van der Waals surface area contributed by atoms with Crippen molar-refractivity contribution in [3.63, 3.8) is 0 Å². The van der Waals surface area contributed by atoms with Crippen LogP contribution in [0.25, 0.3) is 16.8 Å².